The molecule has 29 heavy (non-hydrogen) atoms. The summed E-state index contributed by atoms with van der Waals surface area (Å²) in [5.41, 5.74) is 2.97. The van der Waals surface area contributed by atoms with E-state index in [1.54, 1.807) is 32.4 Å². The molecular weight excluding hydrogens is 364 g/mol. The summed E-state index contributed by atoms with van der Waals surface area (Å²) in [6.07, 6.45) is 0.829. The zero-order valence-corrected chi connectivity index (χ0v) is 16.6. The molecule has 148 valence electrons. The van der Waals surface area contributed by atoms with Crippen LogP contribution in [0.4, 0.5) is 0 Å². The first-order chi connectivity index (χ1) is 14.2. The van der Waals surface area contributed by atoms with Gasteiger partial charge in [-0.25, -0.2) is 0 Å². The third kappa shape index (κ3) is 3.76. The Hall–Kier alpha value is -3.47. The number of nitrogens with zero attached hydrogens (tertiary/aromatic N) is 1. The SMILES string of the molecule is COc1cc(OC)cc(C(=O)NCCCn2c3ccccc3c3ccccc32)c1. The van der Waals surface area contributed by atoms with E-state index in [4.69, 9.17) is 9.47 Å². The molecule has 1 heterocycles. The van der Waals surface area contributed by atoms with Gasteiger partial charge in [-0.2, -0.15) is 0 Å². The van der Waals surface area contributed by atoms with Crippen molar-refractivity contribution in [3.8, 4) is 11.5 Å². The van der Waals surface area contributed by atoms with E-state index in [1.165, 1.54) is 21.8 Å². The summed E-state index contributed by atoms with van der Waals surface area (Å²) >= 11 is 0. The number of fused-ring (bicyclic) bond motifs is 3. The molecule has 0 saturated heterocycles. The summed E-state index contributed by atoms with van der Waals surface area (Å²) in [7, 11) is 3.14. The first kappa shape index (κ1) is 18.9. The maximum absolute atomic E-state index is 12.5. The summed E-state index contributed by atoms with van der Waals surface area (Å²) in [6, 6.07) is 22.1. The molecule has 1 N–H and O–H groups in total. The van der Waals surface area contributed by atoms with Gasteiger partial charge in [0.15, 0.2) is 0 Å². The van der Waals surface area contributed by atoms with E-state index in [0.717, 1.165) is 13.0 Å². The van der Waals surface area contributed by atoms with Gasteiger partial charge in [0.05, 0.1) is 14.2 Å². The predicted octanol–water partition coefficient (Wildman–Crippen LogP) is 4.63. The normalized spacial score (nSPS) is 11.0. The maximum Gasteiger partial charge on any atom is 0.251 e. The molecule has 0 saturated carbocycles. The number of hydrogen-bond acceptors (Lipinski definition) is 3. The molecule has 0 aliphatic rings. The molecule has 0 bridgehead atoms. The second-order valence-electron chi connectivity index (χ2n) is 6.90. The molecule has 0 atom stereocenters. The van der Waals surface area contributed by atoms with Crippen molar-refractivity contribution in [3.63, 3.8) is 0 Å². The maximum atomic E-state index is 12.5. The summed E-state index contributed by atoms with van der Waals surface area (Å²) in [6.45, 7) is 1.41. The highest BCUT2D eigenvalue weighted by Gasteiger charge is 2.11. The number of benzene rings is 3. The van der Waals surface area contributed by atoms with Crippen LogP contribution in [0.5, 0.6) is 11.5 Å². The molecule has 5 nitrogen and oxygen atoms in total. The highest BCUT2D eigenvalue weighted by atomic mass is 16.5. The van der Waals surface area contributed by atoms with E-state index in [-0.39, 0.29) is 5.91 Å². The number of nitrogens with one attached hydrogen (secondary N) is 1. The number of amides is 1. The molecule has 3 aromatic carbocycles. The Morgan fingerprint density at radius 1 is 0.862 bits per heavy atom. The molecule has 0 unspecified atom stereocenters. The van der Waals surface area contributed by atoms with Gasteiger partial charge in [0, 0.05) is 46.5 Å². The van der Waals surface area contributed by atoms with E-state index in [2.05, 4.69) is 58.4 Å². The van der Waals surface area contributed by atoms with Crippen LogP contribution in [-0.4, -0.2) is 31.2 Å². The van der Waals surface area contributed by atoms with E-state index < -0.39 is 0 Å². The molecule has 5 heteroatoms. The minimum absolute atomic E-state index is 0.135. The number of para-hydroxylation sites is 2. The molecule has 0 aliphatic heterocycles. The van der Waals surface area contributed by atoms with E-state index in [1.807, 2.05) is 0 Å². The van der Waals surface area contributed by atoms with Crippen LogP contribution in [0.1, 0.15) is 16.8 Å². The molecule has 1 amide bonds. The highest BCUT2D eigenvalue weighted by Crippen LogP contribution is 2.28. The Labute approximate surface area is 169 Å². The van der Waals surface area contributed by atoms with Crippen LogP contribution >= 0.6 is 0 Å². The molecule has 0 fully saturated rings. The van der Waals surface area contributed by atoms with Crippen molar-refractivity contribution in [2.45, 2.75) is 13.0 Å². The lowest BCUT2D eigenvalue weighted by atomic mass is 10.2. The second-order valence-corrected chi connectivity index (χ2v) is 6.90. The van der Waals surface area contributed by atoms with Gasteiger partial charge in [-0.05, 0) is 30.7 Å². The average molecular weight is 388 g/mol. The lowest BCUT2D eigenvalue weighted by molar-refractivity contribution is 0.0952. The van der Waals surface area contributed by atoms with Crippen LogP contribution in [-0.2, 0) is 6.54 Å². The number of ether oxygens (including phenoxy) is 2. The largest absolute Gasteiger partial charge is 0.497 e. The topological polar surface area (TPSA) is 52.5 Å². The number of carbonyl (C=O) groups is 1. The number of rotatable bonds is 7. The van der Waals surface area contributed by atoms with Crippen LogP contribution < -0.4 is 14.8 Å². The summed E-state index contributed by atoms with van der Waals surface area (Å²) in [4.78, 5) is 12.5. The van der Waals surface area contributed by atoms with Crippen LogP contribution in [0.25, 0.3) is 21.8 Å². The fourth-order valence-corrected chi connectivity index (χ4v) is 3.72. The van der Waals surface area contributed by atoms with Crippen LogP contribution in [0.2, 0.25) is 0 Å². The zero-order chi connectivity index (χ0) is 20.2. The van der Waals surface area contributed by atoms with Gasteiger partial charge in [-0.15, -0.1) is 0 Å². The fourth-order valence-electron chi connectivity index (χ4n) is 3.72. The van der Waals surface area contributed by atoms with Crippen molar-refractivity contribution in [2.24, 2.45) is 0 Å². The van der Waals surface area contributed by atoms with Gasteiger partial charge in [0.1, 0.15) is 11.5 Å². The quantitative estimate of drug-likeness (QED) is 0.470. The van der Waals surface area contributed by atoms with Crippen molar-refractivity contribution in [1.82, 2.24) is 9.88 Å². The Morgan fingerprint density at radius 2 is 1.41 bits per heavy atom. The third-order valence-electron chi connectivity index (χ3n) is 5.14. The fraction of sp³-hybridized carbons (Fsp3) is 0.208. The number of aryl methyl sites for hydroxylation is 1. The summed E-state index contributed by atoms with van der Waals surface area (Å²) < 4.78 is 12.8. The second kappa shape index (κ2) is 8.27. The van der Waals surface area contributed by atoms with Crippen molar-refractivity contribution >= 4 is 27.7 Å². The van der Waals surface area contributed by atoms with Crippen molar-refractivity contribution in [2.75, 3.05) is 20.8 Å². The third-order valence-corrected chi connectivity index (χ3v) is 5.14. The van der Waals surface area contributed by atoms with Gasteiger partial charge in [0.25, 0.3) is 5.91 Å². The van der Waals surface area contributed by atoms with Crippen LogP contribution in [0, 0.1) is 0 Å². The Kier molecular flexibility index (Phi) is 5.38. The Balaban J connectivity index is 1.45. The Morgan fingerprint density at radius 3 is 1.97 bits per heavy atom. The zero-order valence-electron chi connectivity index (χ0n) is 16.6. The lowest BCUT2D eigenvalue weighted by Gasteiger charge is -2.10. The number of hydrogen-bond donors (Lipinski definition) is 1. The van der Waals surface area contributed by atoms with Gasteiger partial charge in [-0.1, -0.05) is 36.4 Å². The molecular formula is C24H24N2O3. The van der Waals surface area contributed by atoms with E-state index >= 15 is 0 Å². The molecule has 1 aromatic heterocycles. The van der Waals surface area contributed by atoms with Gasteiger partial charge >= 0.3 is 0 Å². The minimum atomic E-state index is -0.135. The van der Waals surface area contributed by atoms with Crippen LogP contribution in [0.3, 0.4) is 0 Å². The molecule has 4 aromatic rings. The van der Waals surface area contributed by atoms with Crippen molar-refractivity contribution in [1.29, 1.82) is 0 Å². The summed E-state index contributed by atoms with van der Waals surface area (Å²) in [5.74, 6) is 1.06. The van der Waals surface area contributed by atoms with E-state index in [9.17, 15) is 4.79 Å². The van der Waals surface area contributed by atoms with Gasteiger partial charge in [0.2, 0.25) is 0 Å². The number of aromatic nitrogens is 1. The van der Waals surface area contributed by atoms with Crippen LogP contribution in [0.15, 0.2) is 66.7 Å². The summed E-state index contributed by atoms with van der Waals surface area (Å²) in [5, 5.41) is 5.52. The lowest BCUT2D eigenvalue weighted by Crippen LogP contribution is -2.25. The predicted molar refractivity (Wildman–Crippen MR) is 116 cm³/mol. The molecule has 4 rings (SSSR count). The highest BCUT2D eigenvalue weighted by molar-refractivity contribution is 6.07. The average Bonchev–Trinajstić information content (AvgIpc) is 3.10. The number of carbonyl (C=O) groups excluding carboxylic acids is 1. The minimum Gasteiger partial charge on any atom is -0.497 e. The van der Waals surface area contributed by atoms with Crippen molar-refractivity contribution in [3.05, 3.63) is 72.3 Å². The first-order valence-electron chi connectivity index (χ1n) is 9.68. The van der Waals surface area contributed by atoms with E-state index in [0.29, 0.717) is 23.6 Å². The van der Waals surface area contributed by atoms with Gasteiger partial charge in [-0.3, -0.25) is 4.79 Å². The monoisotopic (exact) mass is 388 g/mol. The van der Waals surface area contributed by atoms with Crippen molar-refractivity contribution < 1.29 is 14.3 Å². The molecule has 0 spiro atoms. The van der Waals surface area contributed by atoms with Gasteiger partial charge < -0.3 is 19.4 Å². The molecule has 0 radical (unpaired) electrons. The standard InChI is InChI=1S/C24H24N2O3/c1-28-18-14-17(15-19(16-18)29-2)24(27)25-12-7-13-26-22-10-5-3-8-20(22)21-9-4-6-11-23(21)26/h3-6,8-11,14-16H,7,12-13H2,1-2H3,(H,25,27). The molecule has 0 aliphatic carbocycles. The first-order valence-corrected chi connectivity index (χ1v) is 9.68. The number of methoxy groups -OCH3 is 2. The Bertz CT molecular complexity index is 1090. The smallest absolute Gasteiger partial charge is 0.251 e.